The minimum atomic E-state index is -0.348. The van der Waals surface area contributed by atoms with Crippen LogP contribution in [0.25, 0.3) is 0 Å². The molecule has 1 aromatic carbocycles. The molecule has 1 aromatic rings. The normalized spacial score (nSPS) is 15.4. The highest BCUT2D eigenvalue weighted by molar-refractivity contribution is 5.80. The van der Waals surface area contributed by atoms with Crippen LogP contribution in [0.1, 0.15) is 32.3 Å². The molecule has 0 bridgehead atoms. The third-order valence-corrected chi connectivity index (χ3v) is 4.44. The molecule has 8 nitrogen and oxygen atoms in total. The number of guanidine groups is 1. The summed E-state index contributed by atoms with van der Waals surface area (Å²) in [6.45, 7) is 7.20. The van der Waals surface area contributed by atoms with E-state index in [-0.39, 0.29) is 12.1 Å². The number of primary amides is 1. The molecule has 0 unspecified atom stereocenters. The summed E-state index contributed by atoms with van der Waals surface area (Å²) in [5.74, 6) is 2.21. The summed E-state index contributed by atoms with van der Waals surface area (Å²) >= 11 is 0. The van der Waals surface area contributed by atoms with Crippen LogP contribution in [0.4, 0.5) is 4.79 Å². The standard InChI is InChI=1S/C19H31N5O3/c1-4-21-19(23-15-8-10-24(11-9-15)18(20)25)22-13-14-6-7-16(26-3)17(12-14)27-5-2/h6-7,12,15H,4-5,8-11,13H2,1-3H3,(H2,20,25)(H2,21,22,23). The van der Waals surface area contributed by atoms with Crippen LogP contribution in [0.3, 0.4) is 0 Å². The molecular formula is C19H31N5O3. The first-order valence-electron chi connectivity index (χ1n) is 9.46. The highest BCUT2D eigenvalue weighted by Gasteiger charge is 2.21. The number of ether oxygens (including phenoxy) is 2. The lowest BCUT2D eigenvalue weighted by molar-refractivity contribution is 0.188. The van der Waals surface area contributed by atoms with Crippen molar-refractivity contribution in [1.82, 2.24) is 15.5 Å². The number of carbonyl (C=O) groups excluding carboxylic acids is 1. The SMILES string of the molecule is CCNC(=NCc1ccc(OC)c(OCC)c1)NC1CCN(C(N)=O)CC1. The zero-order valence-corrected chi connectivity index (χ0v) is 16.5. The summed E-state index contributed by atoms with van der Waals surface area (Å²) in [6.07, 6.45) is 1.70. The number of piperidine rings is 1. The molecule has 4 N–H and O–H groups in total. The van der Waals surface area contributed by atoms with Crippen molar-refractivity contribution < 1.29 is 14.3 Å². The van der Waals surface area contributed by atoms with Gasteiger partial charge in [-0.1, -0.05) is 6.07 Å². The first kappa shape index (κ1) is 20.7. The fraction of sp³-hybridized carbons (Fsp3) is 0.579. The lowest BCUT2D eigenvalue weighted by Crippen LogP contribution is -2.50. The van der Waals surface area contributed by atoms with Gasteiger partial charge in [-0.05, 0) is 44.4 Å². The molecule has 0 spiro atoms. The van der Waals surface area contributed by atoms with Crippen molar-refractivity contribution >= 4 is 12.0 Å². The van der Waals surface area contributed by atoms with E-state index in [2.05, 4.69) is 15.6 Å². The number of rotatable bonds is 7. The molecule has 0 aromatic heterocycles. The smallest absolute Gasteiger partial charge is 0.314 e. The van der Waals surface area contributed by atoms with E-state index < -0.39 is 0 Å². The summed E-state index contributed by atoms with van der Waals surface area (Å²) < 4.78 is 10.9. The summed E-state index contributed by atoms with van der Waals surface area (Å²) in [5.41, 5.74) is 6.38. The van der Waals surface area contributed by atoms with Crippen molar-refractivity contribution in [3.05, 3.63) is 23.8 Å². The number of methoxy groups -OCH3 is 1. The fourth-order valence-electron chi connectivity index (χ4n) is 3.02. The minimum Gasteiger partial charge on any atom is -0.493 e. The van der Waals surface area contributed by atoms with Crippen LogP contribution in [-0.2, 0) is 6.54 Å². The molecule has 1 aliphatic rings. The second-order valence-electron chi connectivity index (χ2n) is 6.36. The Morgan fingerprint density at radius 3 is 2.63 bits per heavy atom. The number of likely N-dealkylation sites (tertiary alicyclic amines) is 1. The zero-order valence-electron chi connectivity index (χ0n) is 16.5. The molecule has 0 aliphatic carbocycles. The van der Waals surface area contributed by atoms with Crippen molar-refractivity contribution in [2.24, 2.45) is 10.7 Å². The Balaban J connectivity index is 1.99. The van der Waals surface area contributed by atoms with E-state index in [0.717, 1.165) is 42.4 Å². The number of amides is 2. The van der Waals surface area contributed by atoms with Crippen LogP contribution < -0.4 is 25.8 Å². The number of hydrogen-bond donors (Lipinski definition) is 3. The predicted molar refractivity (Wildman–Crippen MR) is 106 cm³/mol. The Hall–Kier alpha value is -2.64. The first-order valence-corrected chi connectivity index (χ1v) is 9.46. The lowest BCUT2D eigenvalue weighted by atomic mass is 10.1. The molecular weight excluding hydrogens is 346 g/mol. The van der Waals surface area contributed by atoms with Crippen molar-refractivity contribution in [1.29, 1.82) is 0 Å². The van der Waals surface area contributed by atoms with Crippen molar-refractivity contribution in [2.45, 2.75) is 39.3 Å². The quantitative estimate of drug-likeness (QED) is 0.496. The average molecular weight is 377 g/mol. The van der Waals surface area contributed by atoms with Gasteiger partial charge in [0.25, 0.3) is 0 Å². The van der Waals surface area contributed by atoms with Crippen LogP contribution in [0.2, 0.25) is 0 Å². The molecule has 1 heterocycles. The van der Waals surface area contributed by atoms with Gasteiger partial charge >= 0.3 is 6.03 Å². The number of urea groups is 1. The van der Waals surface area contributed by atoms with Gasteiger partial charge in [0.15, 0.2) is 17.5 Å². The molecule has 1 saturated heterocycles. The lowest BCUT2D eigenvalue weighted by Gasteiger charge is -2.32. The van der Waals surface area contributed by atoms with Gasteiger partial charge in [0.2, 0.25) is 0 Å². The van der Waals surface area contributed by atoms with E-state index in [1.807, 2.05) is 32.0 Å². The molecule has 2 amide bonds. The number of hydrogen-bond acceptors (Lipinski definition) is 4. The van der Waals surface area contributed by atoms with Crippen molar-refractivity contribution in [2.75, 3.05) is 33.4 Å². The fourth-order valence-corrected chi connectivity index (χ4v) is 3.02. The maximum atomic E-state index is 11.2. The minimum absolute atomic E-state index is 0.272. The molecule has 150 valence electrons. The van der Waals surface area contributed by atoms with Gasteiger partial charge in [-0.3, -0.25) is 0 Å². The van der Waals surface area contributed by atoms with Gasteiger partial charge in [0.1, 0.15) is 0 Å². The Bertz CT molecular complexity index is 642. The van der Waals surface area contributed by atoms with Gasteiger partial charge in [0, 0.05) is 25.7 Å². The first-order chi connectivity index (χ1) is 13.1. The van der Waals surface area contributed by atoms with E-state index in [4.69, 9.17) is 15.2 Å². The predicted octanol–water partition coefficient (Wildman–Crippen LogP) is 1.69. The van der Waals surface area contributed by atoms with E-state index in [1.165, 1.54) is 0 Å². The zero-order chi connectivity index (χ0) is 19.6. The van der Waals surface area contributed by atoms with E-state index >= 15 is 0 Å². The van der Waals surface area contributed by atoms with E-state index in [1.54, 1.807) is 12.0 Å². The molecule has 2 rings (SSSR count). The van der Waals surface area contributed by atoms with Crippen molar-refractivity contribution in [3.8, 4) is 11.5 Å². The Kier molecular flexibility index (Phi) is 8.03. The Morgan fingerprint density at radius 2 is 2.04 bits per heavy atom. The molecule has 0 radical (unpaired) electrons. The molecule has 8 heteroatoms. The number of carbonyl (C=O) groups is 1. The summed E-state index contributed by atoms with van der Waals surface area (Å²) in [6, 6.07) is 5.77. The van der Waals surface area contributed by atoms with Crippen LogP contribution in [0, 0.1) is 0 Å². The van der Waals surface area contributed by atoms with E-state index in [9.17, 15) is 4.79 Å². The Labute approximate surface area is 161 Å². The number of aliphatic imine (C=N–C) groups is 1. The highest BCUT2D eigenvalue weighted by atomic mass is 16.5. The summed E-state index contributed by atoms with van der Waals surface area (Å²) in [4.78, 5) is 17.6. The molecule has 27 heavy (non-hydrogen) atoms. The van der Waals surface area contributed by atoms with Crippen molar-refractivity contribution in [3.63, 3.8) is 0 Å². The molecule has 0 atom stereocenters. The van der Waals surface area contributed by atoms with Crippen LogP contribution in [0.5, 0.6) is 11.5 Å². The maximum absolute atomic E-state index is 11.2. The van der Waals surface area contributed by atoms with Gasteiger partial charge in [-0.15, -0.1) is 0 Å². The largest absolute Gasteiger partial charge is 0.493 e. The number of nitrogens with one attached hydrogen (secondary N) is 2. The summed E-state index contributed by atoms with van der Waals surface area (Å²) in [7, 11) is 1.63. The van der Waals surface area contributed by atoms with E-state index in [0.29, 0.717) is 26.2 Å². The second-order valence-corrected chi connectivity index (χ2v) is 6.36. The van der Waals surface area contributed by atoms with Gasteiger partial charge in [-0.25, -0.2) is 9.79 Å². The van der Waals surface area contributed by atoms with Crippen LogP contribution in [-0.4, -0.2) is 56.3 Å². The number of nitrogens with two attached hydrogens (primary N) is 1. The molecule has 1 fully saturated rings. The summed E-state index contributed by atoms with van der Waals surface area (Å²) in [5, 5.41) is 6.73. The van der Waals surface area contributed by atoms with Crippen LogP contribution >= 0.6 is 0 Å². The topological polar surface area (TPSA) is 101 Å². The second kappa shape index (κ2) is 10.5. The number of nitrogens with zero attached hydrogens (tertiary/aromatic N) is 2. The van der Waals surface area contributed by atoms with Gasteiger partial charge < -0.3 is 30.7 Å². The maximum Gasteiger partial charge on any atom is 0.314 e. The molecule has 1 aliphatic heterocycles. The highest BCUT2D eigenvalue weighted by Crippen LogP contribution is 2.28. The number of benzene rings is 1. The average Bonchev–Trinajstić information content (AvgIpc) is 2.67. The monoisotopic (exact) mass is 377 g/mol. The Morgan fingerprint density at radius 1 is 1.30 bits per heavy atom. The molecule has 0 saturated carbocycles. The van der Waals surface area contributed by atoms with Crippen LogP contribution in [0.15, 0.2) is 23.2 Å². The van der Waals surface area contributed by atoms with Gasteiger partial charge in [0.05, 0.1) is 20.3 Å². The van der Waals surface area contributed by atoms with Gasteiger partial charge in [-0.2, -0.15) is 0 Å². The third kappa shape index (κ3) is 6.23. The third-order valence-electron chi connectivity index (χ3n) is 4.44.